The molecule has 0 heterocycles. The molecule has 2 aromatic carbocycles. The zero-order chi connectivity index (χ0) is 19.4. The summed E-state index contributed by atoms with van der Waals surface area (Å²) in [6, 6.07) is 7.71. The van der Waals surface area contributed by atoms with Gasteiger partial charge in [0, 0.05) is 5.69 Å². The number of halogens is 3. The highest BCUT2D eigenvalue weighted by Crippen LogP contribution is 2.27. The Labute approximate surface area is 161 Å². The Hall–Kier alpha value is -2.11. The van der Waals surface area contributed by atoms with Crippen LogP contribution in [0.2, 0.25) is 10.0 Å². The zero-order valence-electron chi connectivity index (χ0n) is 14.5. The molecule has 26 heavy (non-hydrogen) atoms. The molecule has 2 aromatic rings. The first-order valence-electron chi connectivity index (χ1n) is 7.91. The maximum absolute atomic E-state index is 13.5. The van der Waals surface area contributed by atoms with Crippen molar-refractivity contribution in [1.29, 1.82) is 0 Å². The maximum atomic E-state index is 13.5. The number of carbonyl (C=O) groups is 2. The fraction of sp³-hybridized carbons (Fsp3) is 0.263. The molecular weight excluding hydrogens is 380 g/mol. The van der Waals surface area contributed by atoms with Crippen LogP contribution in [0.5, 0.6) is 0 Å². The Morgan fingerprint density at radius 3 is 2.54 bits per heavy atom. The van der Waals surface area contributed by atoms with Crippen LogP contribution in [0, 0.1) is 12.7 Å². The first-order valence-corrected chi connectivity index (χ1v) is 8.67. The van der Waals surface area contributed by atoms with Gasteiger partial charge in [-0.15, -0.1) is 0 Å². The molecule has 138 valence electrons. The lowest BCUT2D eigenvalue weighted by molar-refractivity contribution is -0.119. The number of hydrogen-bond acceptors (Lipinski definition) is 3. The van der Waals surface area contributed by atoms with Crippen LogP contribution in [-0.2, 0) is 9.53 Å². The number of rotatable bonds is 5. The van der Waals surface area contributed by atoms with Crippen molar-refractivity contribution in [2.45, 2.75) is 26.7 Å². The Kier molecular flexibility index (Phi) is 6.62. The molecule has 0 aliphatic carbocycles. The van der Waals surface area contributed by atoms with Crippen LogP contribution >= 0.6 is 23.2 Å². The largest absolute Gasteiger partial charge is 0.452 e. The predicted molar refractivity (Wildman–Crippen MR) is 101 cm³/mol. The van der Waals surface area contributed by atoms with Gasteiger partial charge in [-0.1, -0.05) is 55.2 Å². The van der Waals surface area contributed by atoms with Gasteiger partial charge in [0.1, 0.15) is 5.82 Å². The van der Waals surface area contributed by atoms with Crippen LogP contribution in [-0.4, -0.2) is 18.5 Å². The summed E-state index contributed by atoms with van der Waals surface area (Å²) in [5.74, 6) is -1.99. The van der Waals surface area contributed by atoms with Crippen molar-refractivity contribution in [2.75, 3.05) is 11.9 Å². The van der Waals surface area contributed by atoms with E-state index in [2.05, 4.69) is 5.32 Å². The van der Waals surface area contributed by atoms with E-state index >= 15 is 0 Å². The Balaban J connectivity index is 2.06. The number of anilines is 1. The standard InChI is InChI=1S/C19H18Cl2FNO3/c1-10(2)12-6-4-5-11(3)18(12)23-17(24)9-26-19(25)13-7-16(22)15(21)8-14(13)20/h4-8,10H,9H2,1-3H3,(H,23,24). The van der Waals surface area contributed by atoms with E-state index in [0.29, 0.717) is 5.69 Å². The van der Waals surface area contributed by atoms with E-state index in [9.17, 15) is 14.0 Å². The summed E-state index contributed by atoms with van der Waals surface area (Å²) in [6.07, 6.45) is 0. The number of ether oxygens (including phenoxy) is 1. The number of aryl methyl sites for hydroxylation is 1. The number of amides is 1. The Morgan fingerprint density at radius 2 is 1.88 bits per heavy atom. The van der Waals surface area contributed by atoms with Gasteiger partial charge >= 0.3 is 5.97 Å². The second-order valence-corrected chi connectivity index (χ2v) is 6.88. The van der Waals surface area contributed by atoms with Crippen molar-refractivity contribution in [1.82, 2.24) is 0 Å². The topological polar surface area (TPSA) is 55.4 Å². The molecule has 0 unspecified atom stereocenters. The van der Waals surface area contributed by atoms with Crippen molar-refractivity contribution in [3.05, 3.63) is 62.9 Å². The zero-order valence-corrected chi connectivity index (χ0v) is 16.0. The third kappa shape index (κ3) is 4.74. The van der Waals surface area contributed by atoms with E-state index < -0.39 is 24.3 Å². The van der Waals surface area contributed by atoms with E-state index in [1.165, 1.54) is 0 Å². The fourth-order valence-corrected chi connectivity index (χ4v) is 2.87. The molecule has 0 atom stereocenters. The number of hydrogen-bond donors (Lipinski definition) is 1. The first kappa shape index (κ1) is 20.2. The minimum Gasteiger partial charge on any atom is -0.452 e. The van der Waals surface area contributed by atoms with E-state index in [1.54, 1.807) is 0 Å². The molecule has 0 aliphatic heterocycles. The van der Waals surface area contributed by atoms with Gasteiger partial charge in [-0.2, -0.15) is 0 Å². The molecule has 0 saturated carbocycles. The van der Waals surface area contributed by atoms with Crippen molar-refractivity contribution in [3.63, 3.8) is 0 Å². The van der Waals surface area contributed by atoms with Crippen LogP contribution in [0.4, 0.5) is 10.1 Å². The van der Waals surface area contributed by atoms with Gasteiger partial charge in [0.05, 0.1) is 15.6 Å². The summed E-state index contributed by atoms with van der Waals surface area (Å²) in [5, 5.41) is 2.50. The molecule has 0 fully saturated rings. The lowest BCUT2D eigenvalue weighted by Crippen LogP contribution is -2.22. The van der Waals surface area contributed by atoms with Gasteiger partial charge in [-0.05, 0) is 36.1 Å². The SMILES string of the molecule is Cc1cccc(C(C)C)c1NC(=O)COC(=O)c1cc(F)c(Cl)cc1Cl. The van der Waals surface area contributed by atoms with Gasteiger partial charge in [0.2, 0.25) is 0 Å². The highest BCUT2D eigenvalue weighted by atomic mass is 35.5. The molecule has 1 N–H and O–H groups in total. The molecule has 7 heteroatoms. The summed E-state index contributed by atoms with van der Waals surface area (Å²) in [7, 11) is 0. The van der Waals surface area contributed by atoms with Gasteiger partial charge in [0.15, 0.2) is 6.61 Å². The summed E-state index contributed by atoms with van der Waals surface area (Å²) >= 11 is 11.5. The Morgan fingerprint density at radius 1 is 1.19 bits per heavy atom. The first-order chi connectivity index (χ1) is 12.2. The second-order valence-electron chi connectivity index (χ2n) is 6.06. The van der Waals surface area contributed by atoms with Crippen molar-refractivity contribution in [2.24, 2.45) is 0 Å². The van der Waals surface area contributed by atoms with Gasteiger partial charge < -0.3 is 10.1 Å². The van der Waals surface area contributed by atoms with Crippen molar-refractivity contribution in [3.8, 4) is 0 Å². The van der Waals surface area contributed by atoms with E-state index in [-0.39, 0.29) is 21.5 Å². The quantitative estimate of drug-likeness (QED) is 0.545. The van der Waals surface area contributed by atoms with Crippen molar-refractivity contribution < 1.29 is 18.7 Å². The lowest BCUT2D eigenvalue weighted by atomic mass is 9.98. The summed E-state index contributed by atoms with van der Waals surface area (Å²) in [6.45, 7) is 5.39. The van der Waals surface area contributed by atoms with Crippen LogP contribution in [0.15, 0.2) is 30.3 Å². The number of esters is 1. The molecular formula is C19H18Cl2FNO3. The highest BCUT2D eigenvalue weighted by molar-refractivity contribution is 6.36. The molecule has 0 radical (unpaired) electrons. The normalized spacial score (nSPS) is 10.7. The predicted octanol–water partition coefficient (Wildman–Crippen LogP) is 5.36. The highest BCUT2D eigenvalue weighted by Gasteiger charge is 2.18. The average Bonchev–Trinajstić information content (AvgIpc) is 2.57. The van der Waals surface area contributed by atoms with E-state index in [1.807, 2.05) is 39.0 Å². The van der Waals surface area contributed by atoms with Gasteiger partial charge in [-0.25, -0.2) is 9.18 Å². The number of carbonyl (C=O) groups excluding carboxylic acids is 2. The molecule has 2 rings (SSSR count). The van der Waals surface area contributed by atoms with Crippen molar-refractivity contribution >= 4 is 40.8 Å². The number of benzene rings is 2. The Bertz CT molecular complexity index is 853. The molecule has 0 bridgehead atoms. The maximum Gasteiger partial charge on any atom is 0.340 e. The lowest BCUT2D eigenvalue weighted by Gasteiger charge is -2.16. The minimum atomic E-state index is -0.908. The van der Waals surface area contributed by atoms with E-state index in [0.717, 1.165) is 23.3 Å². The summed E-state index contributed by atoms with van der Waals surface area (Å²) < 4.78 is 18.4. The third-order valence-electron chi connectivity index (χ3n) is 3.76. The van der Waals surface area contributed by atoms with E-state index in [4.69, 9.17) is 27.9 Å². The molecule has 0 aliphatic rings. The fourth-order valence-electron chi connectivity index (χ4n) is 2.41. The van der Waals surface area contributed by atoms with Crippen LogP contribution in [0.25, 0.3) is 0 Å². The number of para-hydroxylation sites is 1. The van der Waals surface area contributed by atoms with Gasteiger partial charge in [0.25, 0.3) is 5.91 Å². The van der Waals surface area contributed by atoms with Crippen LogP contribution in [0.1, 0.15) is 41.3 Å². The molecule has 1 amide bonds. The molecule has 0 saturated heterocycles. The number of nitrogens with one attached hydrogen (secondary N) is 1. The second kappa shape index (κ2) is 8.52. The summed E-state index contributed by atoms with van der Waals surface area (Å²) in [5.41, 5.74) is 2.38. The van der Waals surface area contributed by atoms with Crippen LogP contribution < -0.4 is 5.32 Å². The monoisotopic (exact) mass is 397 g/mol. The third-order valence-corrected chi connectivity index (χ3v) is 4.36. The van der Waals surface area contributed by atoms with Crippen LogP contribution in [0.3, 0.4) is 0 Å². The average molecular weight is 398 g/mol. The molecule has 0 spiro atoms. The molecule has 4 nitrogen and oxygen atoms in total. The minimum absolute atomic E-state index is 0.0530. The summed E-state index contributed by atoms with van der Waals surface area (Å²) in [4.78, 5) is 24.2. The molecule has 0 aromatic heterocycles. The smallest absolute Gasteiger partial charge is 0.340 e. The van der Waals surface area contributed by atoms with Gasteiger partial charge in [-0.3, -0.25) is 4.79 Å².